The molecule has 0 unspecified atom stereocenters. The van der Waals surface area contributed by atoms with Gasteiger partial charge < -0.3 is 19.5 Å². The summed E-state index contributed by atoms with van der Waals surface area (Å²) in [6, 6.07) is 15.4. The van der Waals surface area contributed by atoms with Crippen molar-refractivity contribution in [2.45, 2.75) is 46.1 Å². The monoisotopic (exact) mass is 461 g/mol. The van der Waals surface area contributed by atoms with E-state index >= 15 is 0 Å². The molecule has 2 aliphatic rings. The molecule has 6 nitrogen and oxygen atoms in total. The number of hydrogen-bond donors (Lipinski definition) is 1. The highest BCUT2D eigenvalue weighted by Gasteiger charge is 2.43. The van der Waals surface area contributed by atoms with Gasteiger partial charge in [-0.05, 0) is 42.0 Å². The van der Waals surface area contributed by atoms with E-state index in [1.165, 1.54) is 7.11 Å². The third-order valence-electron chi connectivity index (χ3n) is 6.40. The maximum absolute atomic E-state index is 13.4. The Hall–Kier alpha value is -3.54. The zero-order chi connectivity index (χ0) is 24.5. The van der Waals surface area contributed by atoms with Crippen molar-refractivity contribution in [3.8, 4) is 11.5 Å². The van der Waals surface area contributed by atoms with E-state index in [0.29, 0.717) is 41.4 Å². The summed E-state index contributed by atoms with van der Waals surface area (Å²) in [6.07, 6.45) is 1.15. The van der Waals surface area contributed by atoms with Gasteiger partial charge in [0.15, 0.2) is 17.3 Å². The van der Waals surface area contributed by atoms with E-state index in [1.807, 2.05) is 55.5 Å². The largest absolute Gasteiger partial charge is 0.493 e. The maximum Gasteiger partial charge on any atom is 0.336 e. The first-order chi connectivity index (χ1) is 16.2. The highest BCUT2D eigenvalue weighted by molar-refractivity contribution is 6.04. The van der Waals surface area contributed by atoms with Crippen molar-refractivity contribution in [1.29, 1.82) is 0 Å². The number of dihydropyridines is 1. The molecule has 0 saturated heterocycles. The van der Waals surface area contributed by atoms with Crippen molar-refractivity contribution in [3.05, 3.63) is 82.2 Å². The molecule has 4 rings (SSSR count). The van der Waals surface area contributed by atoms with Crippen molar-refractivity contribution in [1.82, 2.24) is 5.32 Å². The summed E-state index contributed by atoms with van der Waals surface area (Å²) >= 11 is 0. The quantitative estimate of drug-likeness (QED) is 0.607. The summed E-state index contributed by atoms with van der Waals surface area (Å²) in [5.74, 6) is 0.175. The van der Waals surface area contributed by atoms with Gasteiger partial charge in [0, 0.05) is 29.3 Å². The van der Waals surface area contributed by atoms with Crippen LogP contribution in [0.5, 0.6) is 11.5 Å². The summed E-state index contributed by atoms with van der Waals surface area (Å²) in [6.45, 7) is 6.39. The van der Waals surface area contributed by atoms with Crippen molar-refractivity contribution < 1.29 is 23.8 Å². The molecule has 0 fully saturated rings. The number of carbonyl (C=O) groups is 2. The van der Waals surface area contributed by atoms with Crippen molar-refractivity contribution in [2.24, 2.45) is 5.41 Å². The third-order valence-corrected chi connectivity index (χ3v) is 6.40. The zero-order valence-electron chi connectivity index (χ0n) is 20.4. The normalized spacial score (nSPS) is 19.3. The molecule has 2 aromatic carbocycles. The van der Waals surface area contributed by atoms with Gasteiger partial charge in [-0.3, -0.25) is 4.79 Å². The number of benzene rings is 2. The van der Waals surface area contributed by atoms with Crippen LogP contribution in [0, 0.1) is 5.41 Å². The Bertz CT molecular complexity index is 1180. The van der Waals surface area contributed by atoms with Crippen LogP contribution in [0.2, 0.25) is 0 Å². The predicted octanol–water partition coefficient (Wildman–Crippen LogP) is 5.05. The molecule has 0 aromatic heterocycles. The van der Waals surface area contributed by atoms with E-state index in [0.717, 1.165) is 23.2 Å². The number of carbonyl (C=O) groups excluding carboxylic acids is 2. The van der Waals surface area contributed by atoms with Crippen LogP contribution in [0.4, 0.5) is 0 Å². The van der Waals surface area contributed by atoms with Gasteiger partial charge in [-0.2, -0.15) is 0 Å². The molecule has 6 heteroatoms. The van der Waals surface area contributed by atoms with Crippen LogP contribution in [-0.4, -0.2) is 26.0 Å². The average Bonchev–Trinajstić information content (AvgIpc) is 2.81. The van der Waals surface area contributed by atoms with Crippen LogP contribution < -0.4 is 14.8 Å². The second-order valence-corrected chi connectivity index (χ2v) is 9.61. The number of esters is 1. The van der Waals surface area contributed by atoms with E-state index < -0.39 is 11.9 Å². The topological polar surface area (TPSA) is 73.9 Å². The predicted molar refractivity (Wildman–Crippen MR) is 129 cm³/mol. The van der Waals surface area contributed by atoms with Crippen LogP contribution in [0.3, 0.4) is 0 Å². The Morgan fingerprint density at radius 2 is 1.79 bits per heavy atom. The van der Waals surface area contributed by atoms with Gasteiger partial charge in [0.05, 0.1) is 19.8 Å². The van der Waals surface area contributed by atoms with Crippen molar-refractivity contribution in [2.75, 3.05) is 14.2 Å². The zero-order valence-corrected chi connectivity index (χ0v) is 20.4. The van der Waals surface area contributed by atoms with E-state index in [1.54, 1.807) is 7.11 Å². The summed E-state index contributed by atoms with van der Waals surface area (Å²) < 4.78 is 16.8. The standard InChI is InChI=1S/C28H31NO5/c1-17-24(27(31)33-5)25(26-20(29-17)14-28(2,3)15-21(26)30)19-11-12-22(32-4)23(13-19)34-16-18-9-7-6-8-10-18/h6-13,25,29H,14-16H2,1-5H3/t25-/m1/s1. The van der Waals surface area contributed by atoms with Gasteiger partial charge in [-0.15, -0.1) is 0 Å². The lowest BCUT2D eigenvalue weighted by Crippen LogP contribution is -2.38. The van der Waals surface area contributed by atoms with Crippen molar-refractivity contribution >= 4 is 11.8 Å². The number of Topliss-reactive ketones (excluding diaryl/α,β-unsaturated/α-hetero) is 1. The van der Waals surface area contributed by atoms with Gasteiger partial charge in [-0.25, -0.2) is 4.79 Å². The molecule has 0 saturated carbocycles. The molecule has 0 amide bonds. The number of ketones is 1. The number of methoxy groups -OCH3 is 2. The average molecular weight is 462 g/mol. The van der Waals surface area contributed by atoms with E-state index in [2.05, 4.69) is 19.2 Å². The summed E-state index contributed by atoms with van der Waals surface area (Å²) in [4.78, 5) is 26.3. The minimum absolute atomic E-state index is 0.0419. The molecular formula is C28H31NO5. The number of hydrogen-bond acceptors (Lipinski definition) is 6. The summed E-state index contributed by atoms with van der Waals surface area (Å²) in [7, 11) is 2.95. The number of rotatable bonds is 6. The molecule has 0 radical (unpaired) electrons. The van der Waals surface area contributed by atoms with E-state index in [4.69, 9.17) is 14.2 Å². The van der Waals surface area contributed by atoms with Gasteiger partial charge in [0.25, 0.3) is 0 Å². The lowest BCUT2D eigenvalue weighted by molar-refractivity contribution is -0.136. The first kappa shape index (κ1) is 23.6. The highest BCUT2D eigenvalue weighted by atomic mass is 16.5. The molecule has 34 heavy (non-hydrogen) atoms. The number of allylic oxidation sites excluding steroid dienone is 3. The molecule has 2 aromatic rings. The molecular weight excluding hydrogens is 430 g/mol. The van der Waals surface area contributed by atoms with Gasteiger partial charge in [-0.1, -0.05) is 50.2 Å². The fourth-order valence-electron chi connectivity index (χ4n) is 4.87. The Morgan fingerprint density at radius 1 is 1.06 bits per heavy atom. The Kier molecular flexibility index (Phi) is 6.51. The number of nitrogens with one attached hydrogen (secondary N) is 1. The van der Waals surface area contributed by atoms with Crippen LogP contribution in [-0.2, 0) is 20.9 Å². The lowest BCUT2D eigenvalue weighted by Gasteiger charge is -2.39. The molecule has 1 aliphatic heterocycles. The summed E-state index contributed by atoms with van der Waals surface area (Å²) in [5, 5.41) is 3.33. The number of ether oxygens (including phenoxy) is 3. The lowest BCUT2D eigenvalue weighted by atomic mass is 9.68. The van der Waals surface area contributed by atoms with Gasteiger partial charge in [0.1, 0.15) is 6.61 Å². The third kappa shape index (κ3) is 4.58. The Labute approximate surface area is 200 Å². The molecule has 1 heterocycles. The molecule has 0 bridgehead atoms. The molecule has 1 atom stereocenters. The fraction of sp³-hybridized carbons (Fsp3) is 0.357. The molecule has 1 aliphatic carbocycles. The first-order valence-electron chi connectivity index (χ1n) is 11.4. The maximum atomic E-state index is 13.4. The van der Waals surface area contributed by atoms with Gasteiger partial charge in [0.2, 0.25) is 0 Å². The minimum Gasteiger partial charge on any atom is -0.493 e. The fourth-order valence-corrected chi connectivity index (χ4v) is 4.87. The second-order valence-electron chi connectivity index (χ2n) is 9.61. The van der Waals surface area contributed by atoms with Gasteiger partial charge >= 0.3 is 5.97 Å². The molecule has 1 N–H and O–H groups in total. The smallest absolute Gasteiger partial charge is 0.336 e. The Balaban J connectivity index is 1.80. The minimum atomic E-state index is -0.544. The van der Waals surface area contributed by atoms with Crippen LogP contribution >= 0.6 is 0 Å². The molecule has 178 valence electrons. The van der Waals surface area contributed by atoms with Crippen LogP contribution in [0.1, 0.15) is 50.7 Å². The van der Waals surface area contributed by atoms with Crippen molar-refractivity contribution in [3.63, 3.8) is 0 Å². The van der Waals surface area contributed by atoms with Crippen LogP contribution in [0.15, 0.2) is 71.1 Å². The molecule has 0 spiro atoms. The second kappa shape index (κ2) is 9.37. The highest BCUT2D eigenvalue weighted by Crippen LogP contribution is 2.47. The Morgan fingerprint density at radius 3 is 2.47 bits per heavy atom. The SMILES string of the molecule is COC(=O)C1=C(C)NC2=C(C(=O)CC(C)(C)C2)[C@@H]1c1ccc(OC)c(OCc2ccccc2)c1. The summed E-state index contributed by atoms with van der Waals surface area (Å²) in [5.41, 5.74) is 4.30. The van der Waals surface area contributed by atoms with E-state index in [-0.39, 0.29) is 11.2 Å². The van der Waals surface area contributed by atoms with Crippen LogP contribution in [0.25, 0.3) is 0 Å². The van der Waals surface area contributed by atoms with E-state index in [9.17, 15) is 9.59 Å². The first-order valence-corrected chi connectivity index (χ1v) is 11.4.